The number of rotatable bonds is 5. The molecule has 0 saturated heterocycles. The summed E-state index contributed by atoms with van der Waals surface area (Å²) in [6.07, 6.45) is 4.87. The number of hydrogen-bond acceptors (Lipinski definition) is 5. The molecule has 0 aromatic carbocycles. The normalized spacial score (nSPS) is 16.2. The summed E-state index contributed by atoms with van der Waals surface area (Å²) < 4.78 is 6.76. The second-order valence-corrected chi connectivity index (χ2v) is 7.06. The van der Waals surface area contributed by atoms with Gasteiger partial charge in [0.05, 0.1) is 36.3 Å². The lowest BCUT2D eigenvalue weighted by Gasteiger charge is -2.13. The number of methoxy groups -OCH3 is 1. The number of fused-ring (bicyclic) bond motifs is 1. The van der Waals surface area contributed by atoms with Crippen LogP contribution in [0.4, 0.5) is 0 Å². The zero-order valence-corrected chi connectivity index (χ0v) is 15.2. The van der Waals surface area contributed by atoms with Gasteiger partial charge in [-0.25, -0.2) is 4.79 Å². The summed E-state index contributed by atoms with van der Waals surface area (Å²) in [5, 5.41) is 14.3. The van der Waals surface area contributed by atoms with Crippen molar-refractivity contribution < 1.29 is 14.3 Å². The van der Waals surface area contributed by atoms with Gasteiger partial charge in [0.2, 0.25) is 0 Å². The van der Waals surface area contributed by atoms with E-state index in [0.29, 0.717) is 22.7 Å². The molecule has 0 bridgehead atoms. The lowest BCUT2D eigenvalue weighted by molar-refractivity contribution is 0.0597. The van der Waals surface area contributed by atoms with Crippen LogP contribution < -0.4 is 5.32 Å². The monoisotopic (exact) mass is 377 g/mol. The van der Waals surface area contributed by atoms with Gasteiger partial charge in [-0.05, 0) is 32.1 Å². The quantitative estimate of drug-likeness (QED) is 0.777. The maximum absolute atomic E-state index is 12.6. The summed E-state index contributed by atoms with van der Waals surface area (Å²) in [6, 6.07) is 0. The van der Waals surface area contributed by atoms with Crippen LogP contribution in [0.15, 0.2) is 0 Å². The summed E-state index contributed by atoms with van der Waals surface area (Å²) in [7, 11) is 1.35. The average molecular weight is 378 g/mol. The molecule has 138 valence electrons. The molecule has 0 unspecified atom stereocenters. The first-order valence-corrected chi connectivity index (χ1v) is 9.16. The number of carbonyl (C=O) groups excluding carboxylic acids is 2. The van der Waals surface area contributed by atoms with Crippen LogP contribution in [-0.2, 0) is 24.2 Å². The van der Waals surface area contributed by atoms with Crippen molar-refractivity contribution in [1.29, 1.82) is 0 Å². The largest absolute Gasteiger partial charge is 0.465 e. The lowest BCUT2D eigenvalue weighted by Crippen LogP contribution is -2.25. The number of halogens is 1. The number of nitrogens with one attached hydrogen (secondary N) is 2. The molecule has 3 heterocycles. The minimum atomic E-state index is -0.419. The number of aromatic amines is 1. The molecule has 2 aromatic heterocycles. The highest BCUT2D eigenvalue weighted by Gasteiger charge is 2.32. The highest BCUT2D eigenvalue weighted by Crippen LogP contribution is 2.41. The number of nitrogens with zero attached hydrogens (tertiary/aromatic N) is 3. The number of aromatic nitrogens is 4. The standard InChI is InChI=1S/C17H20ClN5O3/c1-26-17(25)12-10(22-23-7-3-2-4-11(12)23)8-19-16(24)13-14(9-5-6-9)20-21-15(13)18/h9H,2-8H2,1H3,(H,19,24)(H,20,21). The van der Waals surface area contributed by atoms with Gasteiger partial charge in [0.1, 0.15) is 5.56 Å². The maximum atomic E-state index is 12.6. The van der Waals surface area contributed by atoms with Crippen LogP contribution >= 0.6 is 11.6 Å². The highest BCUT2D eigenvalue weighted by molar-refractivity contribution is 6.32. The van der Waals surface area contributed by atoms with Crippen molar-refractivity contribution >= 4 is 23.5 Å². The summed E-state index contributed by atoms with van der Waals surface area (Å²) in [5.74, 6) is -0.411. The molecule has 1 aliphatic heterocycles. The van der Waals surface area contributed by atoms with Crippen molar-refractivity contribution in [3.05, 3.63) is 33.4 Å². The van der Waals surface area contributed by atoms with E-state index in [0.717, 1.165) is 50.0 Å². The van der Waals surface area contributed by atoms with E-state index in [9.17, 15) is 9.59 Å². The Labute approximate surface area is 155 Å². The average Bonchev–Trinajstić information content (AvgIpc) is 3.32. The summed E-state index contributed by atoms with van der Waals surface area (Å²) >= 11 is 6.08. The Morgan fingerprint density at radius 3 is 2.88 bits per heavy atom. The van der Waals surface area contributed by atoms with Crippen molar-refractivity contribution in [2.75, 3.05) is 7.11 Å². The third kappa shape index (κ3) is 2.98. The Morgan fingerprint density at radius 2 is 2.15 bits per heavy atom. The molecule has 26 heavy (non-hydrogen) atoms. The van der Waals surface area contributed by atoms with E-state index >= 15 is 0 Å². The second kappa shape index (κ2) is 6.75. The Kier molecular flexibility index (Phi) is 4.44. The number of H-pyrrole nitrogens is 1. The molecule has 1 amide bonds. The van der Waals surface area contributed by atoms with Crippen molar-refractivity contribution in [2.24, 2.45) is 0 Å². The molecule has 0 radical (unpaired) electrons. The van der Waals surface area contributed by atoms with Crippen molar-refractivity contribution in [2.45, 2.75) is 51.1 Å². The van der Waals surface area contributed by atoms with Gasteiger partial charge in [0.25, 0.3) is 5.91 Å². The van der Waals surface area contributed by atoms with Gasteiger partial charge in [-0.1, -0.05) is 11.6 Å². The van der Waals surface area contributed by atoms with Crippen molar-refractivity contribution in [3.63, 3.8) is 0 Å². The molecule has 2 N–H and O–H groups in total. The fourth-order valence-corrected chi connectivity index (χ4v) is 3.70. The number of aryl methyl sites for hydroxylation is 1. The van der Waals surface area contributed by atoms with Gasteiger partial charge >= 0.3 is 5.97 Å². The topological polar surface area (TPSA) is 102 Å². The number of amides is 1. The first-order chi connectivity index (χ1) is 12.6. The Bertz CT molecular complexity index is 868. The minimum Gasteiger partial charge on any atom is -0.465 e. The molecular weight excluding hydrogens is 358 g/mol. The zero-order chi connectivity index (χ0) is 18.3. The number of esters is 1. The van der Waals surface area contributed by atoms with Gasteiger partial charge in [-0.2, -0.15) is 10.2 Å². The van der Waals surface area contributed by atoms with Gasteiger partial charge < -0.3 is 10.1 Å². The van der Waals surface area contributed by atoms with Crippen LogP contribution in [0.2, 0.25) is 5.15 Å². The van der Waals surface area contributed by atoms with E-state index in [-0.39, 0.29) is 17.6 Å². The van der Waals surface area contributed by atoms with Crippen LogP contribution in [-0.4, -0.2) is 39.0 Å². The molecule has 1 fully saturated rings. The van der Waals surface area contributed by atoms with Crippen LogP contribution in [0.5, 0.6) is 0 Å². The van der Waals surface area contributed by atoms with Crippen molar-refractivity contribution in [1.82, 2.24) is 25.3 Å². The summed E-state index contributed by atoms with van der Waals surface area (Å²) in [5.41, 5.74) is 3.04. The predicted molar refractivity (Wildman–Crippen MR) is 93.2 cm³/mol. The van der Waals surface area contributed by atoms with E-state index in [2.05, 4.69) is 20.6 Å². The number of carbonyl (C=O) groups is 2. The highest BCUT2D eigenvalue weighted by atomic mass is 35.5. The molecular formula is C17H20ClN5O3. The zero-order valence-electron chi connectivity index (χ0n) is 14.5. The van der Waals surface area contributed by atoms with Gasteiger partial charge in [-0.15, -0.1) is 0 Å². The molecule has 2 aliphatic rings. The molecule has 8 nitrogen and oxygen atoms in total. The lowest BCUT2D eigenvalue weighted by atomic mass is 10.0. The fourth-order valence-electron chi connectivity index (χ4n) is 3.47. The second-order valence-electron chi connectivity index (χ2n) is 6.70. The maximum Gasteiger partial charge on any atom is 0.341 e. The molecule has 2 aromatic rings. The van der Waals surface area contributed by atoms with E-state index < -0.39 is 5.97 Å². The Morgan fingerprint density at radius 1 is 1.35 bits per heavy atom. The predicted octanol–water partition coefficient (Wildman–Crippen LogP) is 2.19. The van der Waals surface area contributed by atoms with Crippen LogP contribution in [0.3, 0.4) is 0 Å². The van der Waals surface area contributed by atoms with Crippen molar-refractivity contribution in [3.8, 4) is 0 Å². The molecule has 9 heteroatoms. The molecule has 0 spiro atoms. The third-order valence-corrected chi connectivity index (χ3v) is 5.21. The van der Waals surface area contributed by atoms with Crippen LogP contribution in [0, 0.1) is 0 Å². The number of ether oxygens (including phenoxy) is 1. The molecule has 1 saturated carbocycles. The summed E-state index contributed by atoms with van der Waals surface area (Å²) in [4.78, 5) is 24.9. The van der Waals surface area contributed by atoms with Gasteiger partial charge in [-0.3, -0.25) is 14.6 Å². The van der Waals surface area contributed by atoms with Crippen LogP contribution in [0.25, 0.3) is 0 Å². The van der Waals surface area contributed by atoms with E-state index in [1.807, 2.05) is 4.68 Å². The Balaban J connectivity index is 1.56. The van der Waals surface area contributed by atoms with E-state index in [1.54, 1.807) is 0 Å². The smallest absolute Gasteiger partial charge is 0.341 e. The van der Waals surface area contributed by atoms with Crippen LogP contribution in [0.1, 0.15) is 69.4 Å². The van der Waals surface area contributed by atoms with E-state index in [1.165, 1.54) is 7.11 Å². The molecule has 0 atom stereocenters. The first kappa shape index (κ1) is 17.1. The molecule has 4 rings (SSSR count). The first-order valence-electron chi connectivity index (χ1n) is 8.79. The third-order valence-electron chi connectivity index (χ3n) is 4.93. The van der Waals surface area contributed by atoms with E-state index in [4.69, 9.17) is 16.3 Å². The SMILES string of the molecule is COC(=O)c1c(CNC(=O)c2c(Cl)n[nH]c2C2CC2)nn2c1CCCC2. The molecule has 1 aliphatic carbocycles. The minimum absolute atomic E-state index is 0.134. The van der Waals surface area contributed by atoms with Gasteiger partial charge in [0.15, 0.2) is 5.15 Å². The summed E-state index contributed by atoms with van der Waals surface area (Å²) in [6.45, 7) is 0.904. The number of hydrogen-bond donors (Lipinski definition) is 2. The Hall–Kier alpha value is -2.35. The van der Waals surface area contributed by atoms with Gasteiger partial charge in [0, 0.05) is 12.5 Å². The fraction of sp³-hybridized carbons (Fsp3) is 0.529.